The first-order chi connectivity index (χ1) is 16.5. The molecule has 34 heavy (non-hydrogen) atoms. The van der Waals surface area contributed by atoms with Gasteiger partial charge < -0.3 is 14.7 Å². The lowest BCUT2D eigenvalue weighted by molar-refractivity contribution is -0.129. The second kappa shape index (κ2) is 9.79. The molecule has 0 bridgehead atoms. The van der Waals surface area contributed by atoms with Gasteiger partial charge in [0.05, 0.1) is 35.4 Å². The lowest BCUT2D eigenvalue weighted by atomic mass is 10.0. The van der Waals surface area contributed by atoms with Crippen LogP contribution in [-0.4, -0.2) is 71.0 Å². The van der Waals surface area contributed by atoms with Crippen LogP contribution in [0.4, 0.5) is 0 Å². The fourth-order valence-corrected chi connectivity index (χ4v) is 6.24. The van der Waals surface area contributed by atoms with Crippen LogP contribution in [0.1, 0.15) is 26.3 Å². The van der Waals surface area contributed by atoms with E-state index in [2.05, 4.69) is 9.88 Å². The maximum Gasteiger partial charge on any atom is 0.290 e. The Kier molecular flexibility index (Phi) is 6.60. The van der Waals surface area contributed by atoms with Crippen molar-refractivity contribution in [3.63, 3.8) is 0 Å². The van der Waals surface area contributed by atoms with Gasteiger partial charge in [0.1, 0.15) is 5.01 Å². The second-order valence-corrected chi connectivity index (χ2v) is 10.2. The van der Waals surface area contributed by atoms with Crippen LogP contribution in [0.15, 0.2) is 59.2 Å². The number of nitrogens with zero attached hydrogens (tertiary/aromatic N) is 3. The molecule has 4 heterocycles. The predicted octanol–water partition coefficient (Wildman–Crippen LogP) is 4.09. The lowest BCUT2D eigenvalue weighted by Crippen LogP contribution is -2.43. The van der Waals surface area contributed by atoms with Crippen LogP contribution in [0.25, 0.3) is 10.6 Å². The molecule has 1 N–H and O–H groups in total. The van der Waals surface area contributed by atoms with E-state index in [1.54, 1.807) is 11.8 Å². The Morgan fingerprint density at radius 1 is 1.15 bits per heavy atom. The number of ether oxygens (including phenoxy) is 1. The van der Waals surface area contributed by atoms with Gasteiger partial charge in [-0.3, -0.25) is 14.5 Å². The third-order valence-corrected chi connectivity index (χ3v) is 8.28. The van der Waals surface area contributed by atoms with Gasteiger partial charge >= 0.3 is 0 Å². The maximum absolute atomic E-state index is 13.8. The summed E-state index contributed by atoms with van der Waals surface area (Å²) in [4.78, 5) is 36.7. The zero-order valence-electron chi connectivity index (χ0n) is 18.8. The molecule has 1 atom stereocenters. The van der Waals surface area contributed by atoms with Gasteiger partial charge in [-0.15, -0.1) is 22.7 Å². The van der Waals surface area contributed by atoms with Crippen molar-refractivity contribution >= 4 is 34.4 Å². The second-order valence-electron chi connectivity index (χ2n) is 8.26. The van der Waals surface area contributed by atoms with E-state index in [4.69, 9.17) is 4.74 Å². The van der Waals surface area contributed by atoms with Crippen molar-refractivity contribution in [3.05, 3.63) is 74.6 Å². The predicted molar refractivity (Wildman–Crippen MR) is 132 cm³/mol. The van der Waals surface area contributed by atoms with Gasteiger partial charge in [0.15, 0.2) is 5.76 Å². The van der Waals surface area contributed by atoms with Crippen molar-refractivity contribution in [1.82, 2.24) is 14.8 Å². The number of ketones is 1. The molecule has 1 aromatic carbocycles. The standard InChI is InChI=1S/C25H25N3O4S2/c1-16-23(34-24(26-16)17-6-3-2-4-7-17)21(29)19-20(18-8-5-15-33-18)28(25(31)22(19)30)10-9-27-11-13-32-14-12-27/h2-8,15,20,30H,9-14H2,1H3/t20-/m1/s1. The van der Waals surface area contributed by atoms with Gasteiger partial charge in [0.25, 0.3) is 5.91 Å². The molecule has 3 aromatic rings. The molecule has 1 amide bonds. The maximum atomic E-state index is 13.8. The minimum absolute atomic E-state index is 0.140. The number of aliphatic hydroxyl groups excluding tert-OH is 1. The molecule has 1 saturated heterocycles. The first-order valence-electron chi connectivity index (χ1n) is 11.2. The van der Waals surface area contributed by atoms with Crippen molar-refractivity contribution in [2.24, 2.45) is 0 Å². The first kappa shape index (κ1) is 22.9. The van der Waals surface area contributed by atoms with E-state index in [1.165, 1.54) is 22.7 Å². The van der Waals surface area contributed by atoms with Gasteiger partial charge in [0.2, 0.25) is 5.78 Å². The summed E-state index contributed by atoms with van der Waals surface area (Å²) in [6.07, 6.45) is 0. The molecule has 2 aliphatic heterocycles. The van der Waals surface area contributed by atoms with Crippen LogP contribution in [0, 0.1) is 6.92 Å². The Morgan fingerprint density at radius 2 is 1.91 bits per heavy atom. The smallest absolute Gasteiger partial charge is 0.290 e. The van der Waals surface area contributed by atoms with Gasteiger partial charge in [-0.2, -0.15) is 0 Å². The highest BCUT2D eigenvalue weighted by Gasteiger charge is 2.45. The summed E-state index contributed by atoms with van der Waals surface area (Å²) in [6, 6.07) is 12.9. The summed E-state index contributed by atoms with van der Waals surface area (Å²) in [5, 5.41) is 13.6. The molecular formula is C25H25N3O4S2. The highest BCUT2D eigenvalue weighted by molar-refractivity contribution is 7.17. The molecule has 176 valence electrons. The number of thiazole rings is 1. The van der Waals surface area contributed by atoms with Crippen molar-refractivity contribution in [1.29, 1.82) is 0 Å². The number of amides is 1. The summed E-state index contributed by atoms with van der Waals surface area (Å²) in [5.74, 6) is -1.30. The van der Waals surface area contributed by atoms with Crippen LogP contribution < -0.4 is 0 Å². The monoisotopic (exact) mass is 495 g/mol. The number of hydrogen-bond acceptors (Lipinski definition) is 8. The number of hydrogen-bond donors (Lipinski definition) is 1. The SMILES string of the molecule is Cc1nc(-c2ccccc2)sc1C(=O)C1=C(O)C(=O)N(CCN2CCOCC2)[C@@H]1c1cccs1. The third kappa shape index (κ3) is 4.32. The van der Waals surface area contributed by atoms with E-state index >= 15 is 0 Å². The highest BCUT2D eigenvalue weighted by atomic mass is 32.1. The fourth-order valence-electron chi connectivity index (χ4n) is 4.37. The average molecular weight is 496 g/mol. The van der Waals surface area contributed by atoms with Gasteiger partial charge in [-0.05, 0) is 18.4 Å². The number of carbonyl (C=O) groups is 2. The Morgan fingerprint density at radius 3 is 2.62 bits per heavy atom. The first-order valence-corrected chi connectivity index (χ1v) is 12.9. The molecule has 0 spiro atoms. The summed E-state index contributed by atoms with van der Waals surface area (Å²) in [7, 11) is 0. The van der Waals surface area contributed by atoms with Crippen LogP contribution in [0.2, 0.25) is 0 Å². The number of rotatable bonds is 7. The van der Waals surface area contributed by atoms with Crippen molar-refractivity contribution in [3.8, 4) is 10.6 Å². The Balaban J connectivity index is 1.46. The molecule has 7 nitrogen and oxygen atoms in total. The molecule has 0 unspecified atom stereocenters. The average Bonchev–Trinajstić information content (AvgIpc) is 3.58. The van der Waals surface area contributed by atoms with E-state index in [0.29, 0.717) is 36.9 Å². The van der Waals surface area contributed by atoms with Gasteiger partial charge in [0, 0.05) is 36.6 Å². The number of aryl methyl sites for hydroxylation is 1. The fraction of sp³-hybridized carbons (Fsp3) is 0.320. The topological polar surface area (TPSA) is 83.0 Å². The number of carbonyl (C=O) groups excluding carboxylic acids is 2. The summed E-state index contributed by atoms with van der Waals surface area (Å²) in [6.45, 7) is 5.82. The van der Waals surface area contributed by atoms with Crippen molar-refractivity contribution in [2.75, 3.05) is 39.4 Å². The van der Waals surface area contributed by atoms with Crippen molar-refractivity contribution in [2.45, 2.75) is 13.0 Å². The lowest BCUT2D eigenvalue weighted by Gasteiger charge is -2.31. The number of morpholine rings is 1. The van der Waals surface area contributed by atoms with Gasteiger partial charge in [-0.25, -0.2) is 4.98 Å². The molecule has 2 aromatic heterocycles. The Bertz CT molecular complexity index is 1210. The minimum Gasteiger partial charge on any atom is -0.503 e. The normalized spacial score (nSPS) is 19.3. The number of thiophene rings is 1. The molecule has 2 aliphatic rings. The van der Waals surface area contributed by atoms with E-state index in [9.17, 15) is 14.7 Å². The zero-order valence-corrected chi connectivity index (χ0v) is 20.4. The van der Waals surface area contributed by atoms with E-state index in [0.717, 1.165) is 28.5 Å². The molecule has 0 radical (unpaired) electrons. The summed E-state index contributed by atoms with van der Waals surface area (Å²) < 4.78 is 5.41. The minimum atomic E-state index is -0.609. The van der Waals surface area contributed by atoms with Crippen molar-refractivity contribution < 1.29 is 19.4 Å². The zero-order chi connectivity index (χ0) is 23.7. The Labute approximate surface area is 205 Å². The number of benzene rings is 1. The van der Waals surface area contributed by atoms with Gasteiger partial charge in [-0.1, -0.05) is 36.4 Å². The van der Waals surface area contributed by atoms with Crippen LogP contribution in [0.3, 0.4) is 0 Å². The van der Waals surface area contributed by atoms with E-state index < -0.39 is 17.7 Å². The number of Topliss-reactive ketones (excluding diaryl/α,β-unsaturated/α-hetero) is 1. The molecular weight excluding hydrogens is 470 g/mol. The van der Waals surface area contributed by atoms with E-state index in [-0.39, 0.29) is 11.4 Å². The molecule has 9 heteroatoms. The third-order valence-electron chi connectivity index (χ3n) is 6.15. The van der Waals surface area contributed by atoms with E-state index in [1.807, 2.05) is 47.8 Å². The van der Waals surface area contributed by atoms with Crippen LogP contribution in [-0.2, 0) is 9.53 Å². The summed E-state index contributed by atoms with van der Waals surface area (Å²) in [5.41, 5.74) is 1.66. The van der Waals surface area contributed by atoms with Crippen LogP contribution >= 0.6 is 22.7 Å². The molecule has 0 saturated carbocycles. The van der Waals surface area contributed by atoms with Crippen LogP contribution in [0.5, 0.6) is 0 Å². The Hall–Kier alpha value is -2.85. The highest BCUT2D eigenvalue weighted by Crippen LogP contribution is 2.42. The molecule has 1 fully saturated rings. The summed E-state index contributed by atoms with van der Waals surface area (Å²) >= 11 is 2.77. The molecule has 0 aliphatic carbocycles. The number of aliphatic hydroxyl groups is 1. The largest absolute Gasteiger partial charge is 0.503 e. The number of aromatic nitrogens is 1. The molecule has 5 rings (SSSR count). The quantitative estimate of drug-likeness (QED) is 0.497.